The Labute approximate surface area is 68.1 Å². The van der Waals surface area contributed by atoms with E-state index < -0.39 is 0 Å². The lowest BCUT2D eigenvalue weighted by molar-refractivity contribution is 0.235. The van der Waals surface area contributed by atoms with Crippen LogP contribution in [-0.2, 0) is 4.74 Å². The minimum Gasteiger partial charge on any atom is -0.479 e. The molecule has 0 unspecified atom stereocenters. The van der Waals surface area contributed by atoms with E-state index in [4.69, 9.17) is 9.94 Å². The Morgan fingerprint density at radius 1 is 1.55 bits per heavy atom. The van der Waals surface area contributed by atoms with Crippen LogP contribution in [-0.4, -0.2) is 17.7 Å². The van der Waals surface area contributed by atoms with Crippen LogP contribution in [0, 0.1) is 5.92 Å². The molecule has 0 aliphatic heterocycles. The molecule has 0 bridgehead atoms. The van der Waals surface area contributed by atoms with Crippen molar-refractivity contribution in [3.8, 4) is 0 Å². The fourth-order valence-corrected chi connectivity index (χ4v) is 0.614. The summed E-state index contributed by atoms with van der Waals surface area (Å²) in [6, 6.07) is 0. The molecule has 0 aliphatic carbocycles. The Bertz CT molecular complexity index is 121. The summed E-state index contributed by atoms with van der Waals surface area (Å²) in [6.45, 7) is 6.80. The minimum atomic E-state index is 0.422. The first-order valence-corrected chi connectivity index (χ1v) is 4.04. The normalized spacial score (nSPS) is 12.2. The van der Waals surface area contributed by atoms with E-state index in [1.165, 1.54) is 0 Å². The van der Waals surface area contributed by atoms with Gasteiger partial charge in [0.2, 0.25) is 5.90 Å². The molecule has 0 aromatic carbocycles. The zero-order valence-corrected chi connectivity index (χ0v) is 7.50. The molecule has 0 amide bonds. The number of rotatable bonds is 4. The average molecular weight is 159 g/mol. The average Bonchev–Trinajstić information content (AvgIpc) is 1.98. The number of hydrogen-bond acceptors (Lipinski definition) is 3. The van der Waals surface area contributed by atoms with E-state index in [1.54, 1.807) is 0 Å². The number of oxime groups is 1. The summed E-state index contributed by atoms with van der Waals surface area (Å²) < 4.78 is 5.15. The molecule has 0 saturated carbocycles. The van der Waals surface area contributed by atoms with Crippen molar-refractivity contribution in [2.45, 2.75) is 33.6 Å². The molecule has 0 atom stereocenters. The maximum Gasteiger partial charge on any atom is 0.225 e. The molecule has 0 fully saturated rings. The molecule has 0 saturated heterocycles. The van der Waals surface area contributed by atoms with Gasteiger partial charge in [-0.1, -0.05) is 25.9 Å². The highest BCUT2D eigenvalue weighted by Crippen LogP contribution is 2.00. The first-order valence-electron chi connectivity index (χ1n) is 4.04. The van der Waals surface area contributed by atoms with Crippen LogP contribution in [0.5, 0.6) is 0 Å². The van der Waals surface area contributed by atoms with Crippen molar-refractivity contribution in [2.75, 3.05) is 6.61 Å². The van der Waals surface area contributed by atoms with Crippen LogP contribution < -0.4 is 0 Å². The third-order valence-corrected chi connectivity index (χ3v) is 1.38. The topological polar surface area (TPSA) is 41.8 Å². The van der Waals surface area contributed by atoms with Gasteiger partial charge in [0.05, 0.1) is 6.61 Å². The van der Waals surface area contributed by atoms with Gasteiger partial charge in [0.15, 0.2) is 0 Å². The SMILES string of the molecule is CC/C(=N/O)OCCC(C)C. The van der Waals surface area contributed by atoms with Crippen molar-refractivity contribution < 1.29 is 9.94 Å². The highest BCUT2D eigenvalue weighted by Gasteiger charge is 1.98. The van der Waals surface area contributed by atoms with Crippen molar-refractivity contribution in [2.24, 2.45) is 11.1 Å². The van der Waals surface area contributed by atoms with Crippen molar-refractivity contribution in [1.82, 2.24) is 0 Å². The van der Waals surface area contributed by atoms with E-state index in [0.717, 1.165) is 6.42 Å². The molecule has 1 N–H and O–H groups in total. The standard InChI is InChI=1S/C8H17NO2/c1-4-8(9-10)11-6-5-7(2)3/h7,10H,4-6H2,1-3H3/b9-8-. The van der Waals surface area contributed by atoms with Crippen molar-refractivity contribution in [1.29, 1.82) is 0 Å². The Morgan fingerprint density at radius 3 is 2.55 bits per heavy atom. The van der Waals surface area contributed by atoms with E-state index in [1.807, 2.05) is 6.92 Å². The van der Waals surface area contributed by atoms with Crippen LogP contribution >= 0.6 is 0 Å². The molecule has 0 aromatic rings. The molecule has 66 valence electrons. The molecule has 0 heterocycles. The lowest BCUT2D eigenvalue weighted by atomic mass is 10.1. The van der Waals surface area contributed by atoms with E-state index in [9.17, 15) is 0 Å². The first-order chi connectivity index (χ1) is 5.20. The lowest BCUT2D eigenvalue weighted by Gasteiger charge is -2.06. The zero-order chi connectivity index (χ0) is 8.69. The summed E-state index contributed by atoms with van der Waals surface area (Å²) in [5.74, 6) is 1.05. The molecular weight excluding hydrogens is 142 g/mol. The van der Waals surface area contributed by atoms with E-state index >= 15 is 0 Å². The monoisotopic (exact) mass is 159 g/mol. The molecule has 3 heteroatoms. The maximum absolute atomic E-state index is 8.35. The van der Waals surface area contributed by atoms with Crippen LogP contribution in [0.1, 0.15) is 33.6 Å². The first kappa shape index (κ1) is 10.3. The van der Waals surface area contributed by atoms with Crippen molar-refractivity contribution in [3.05, 3.63) is 0 Å². The quantitative estimate of drug-likeness (QED) is 0.296. The van der Waals surface area contributed by atoms with Crippen molar-refractivity contribution in [3.63, 3.8) is 0 Å². The Kier molecular flexibility index (Phi) is 5.61. The van der Waals surface area contributed by atoms with E-state index in [2.05, 4.69) is 19.0 Å². The van der Waals surface area contributed by atoms with Gasteiger partial charge in [0.1, 0.15) is 0 Å². The predicted molar refractivity (Wildman–Crippen MR) is 44.9 cm³/mol. The lowest BCUT2D eigenvalue weighted by Crippen LogP contribution is -2.06. The second-order valence-corrected chi connectivity index (χ2v) is 2.88. The van der Waals surface area contributed by atoms with Gasteiger partial charge in [-0.05, 0) is 12.3 Å². The van der Waals surface area contributed by atoms with Crippen LogP contribution in [0.3, 0.4) is 0 Å². The summed E-state index contributed by atoms with van der Waals surface area (Å²) >= 11 is 0. The summed E-state index contributed by atoms with van der Waals surface area (Å²) in [5.41, 5.74) is 0. The van der Waals surface area contributed by atoms with Gasteiger partial charge in [0, 0.05) is 6.42 Å². The molecule has 0 aromatic heterocycles. The third-order valence-electron chi connectivity index (χ3n) is 1.38. The highest BCUT2D eigenvalue weighted by atomic mass is 16.5. The summed E-state index contributed by atoms with van der Waals surface area (Å²) in [4.78, 5) is 0. The minimum absolute atomic E-state index is 0.422. The predicted octanol–water partition coefficient (Wildman–Crippen LogP) is 2.25. The van der Waals surface area contributed by atoms with Crippen LogP contribution in [0.4, 0.5) is 0 Å². The number of ether oxygens (including phenoxy) is 1. The Morgan fingerprint density at radius 2 is 2.18 bits per heavy atom. The molecule has 0 rings (SSSR count). The maximum atomic E-state index is 8.35. The smallest absolute Gasteiger partial charge is 0.225 e. The molecule has 0 spiro atoms. The number of hydrogen-bond donors (Lipinski definition) is 1. The van der Waals surface area contributed by atoms with Crippen LogP contribution in [0.25, 0.3) is 0 Å². The van der Waals surface area contributed by atoms with E-state index in [-0.39, 0.29) is 0 Å². The molecule has 0 aliphatic rings. The second kappa shape index (κ2) is 6.01. The Hall–Kier alpha value is -0.730. The molecular formula is C8H17NO2. The van der Waals surface area contributed by atoms with Crippen LogP contribution in [0.2, 0.25) is 0 Å². The fourth-order valence-electron chi connectivity index (χ4n) is 0.614. The second-order valence-electron chi connectivity index (χ2n) is 2.88. The van der Waals surface area contributed by atoms with Gasteiger partial charge in [0.25, 0.3) is 0 Å². The van der Waals surface area contributed by atoms with Gasteiger partial charge in [-0.3, -0.25) is 0 Å². The Balaban J connectivity index is 3.37. The zero-order valence-electron chi connectivity index (χ0n) is 7.50. The molecule has 3 nitrogen and oxygen atoms in total. The summed E-state index contributed by atoms with van der Waals surface area (Å²) in [5, 5.41) is 11.4. The fraction of sp³-hybridized carbons (Fsp3) is 0.875. The third kappa shape index (κ3) is 5.70. The van der Waals surface area contributed by atoms with Gasteiger partial charge in [-0.2, -0.15) is 0 Å². The van der Waals surface area contributed by atoms with Crippen molar-refractivity contribution >= 4 is 5.90 Å². The highest BCUT2D eigenvalue weighted by molar-refractivity contribution is 5.74. The molecule has 0 radical (unpaired) electrons. The van der Waals surface area contributed by atoms with Crippen LogP contribution in [0.15, 0.2) is 5.16 Å². The van der Waals surface area contributed by atoms with Gasteiger partial charge >= 0.3 is 0 Å². The van der Waals surface area contributed by atoms with E-state index in [0.29, 0.717) is 24.8 Å². The van der Waals surface area contributed by atoms with Gasteiger partial charge < -0.3 is 9.94 Å². The summed E-state index contributed by atoms with van der Waals surface area (Å²) in [7, 11) is 0. The number of nitrogens with zero attached hydrogens (tertiary/aromatic N) is 1. The van der Waals surface area contributed by atoms with Gasteiger partial charge in [-0.15, -0.1) is 0 Å². The molecule has 11 heavy (non-hydrogen) atoms. The summed E-state index contributed by atoms with van der Waals surface area (Å²) in [6.07, 6.45) is 1.65. The van der Waals surface area contributed by atoms with Gasteiger partial charge in [-0.25, -0.2) is 0 Å². The largest absolute Gasteiger partial charge is 0.479 e.